The van der Waals surface area contributed by atoms with Crippen molar-refractivity contribution in [3.05, 3.63) is 65.6 Å². The fourth-order valence-electron chi connectivity index (χ4n) is 2.60. The van der Waals surface area contributed by atoms with Gasteiger partial charge in [0.05, 0.1) is 5.41 Å². The van der Waals surface area contributed by atoms with Crippen LogP contribution in [-0.4, -0.2) is 10.9 Å². The number of amides is 1. The van der Waals surface area contributed by atoms with E-state index < -0.39 is 23.0 Å². The van der Waals surface area contributed by atoms with Crippen LogP contribution >= 0.6 is 0 Å². The van der Waals surface area contributed by atoms with Crippen molar-refractivity contribution in [3.63, 3.8) is 0 Å². The van der Waals surface area contributed by atoms with Crippen molar-refractivity contribution in [2.45, 2.75) is 19.3 Å². The van der Waals surface area contributed by atoms with Crippen molar-refractivity contribution in [3.8, 4) is 0 Å². The van der Waals surface area contributed by atoms with E-state index in [0.717, 1.165) is 17.5 Å². The molecule has 2 aromatic carbocycles. The highest BCUT2D eigenvalue weighted by molar-refractivity contribution is 6.01. The Hall–Kier alpha value is -2.76. The predicted octanol–water partition coefficient (Wildman–Crippen LogP) is 4.50. The van der Waals surface area contributed by atoms with E-state index >= 15 is 0 Å². The fraction of sp³-hybridized carbons (Fsp3) is 0.167. The third kappa shape index (κ3) is 2.75. The number of fused-ring (bicyclic) bond motifs is 1. The van der Waals surface area contributed by atoms with Gasteiger partial charge in [-0.25, -0.2) is 13.2 Å². The highest BCUT2D eigenvalue weighted by Crippen LogP contribution is 2.32. The molecule has 0 aliphatic heterocycles. The van der Waals surface area contributed by atoms with E-state index in [1.165, 1.54) is 18.2 Å². The normalized spacial score (nSPS) is 11.7. The van der Waals surface area contributed by atoms with Crippen molar-refractivity contribution < 1.29 is 18.0 Å². The van der Waals surface area contributed by atoms with Crippen molar-refractivity contribution in [1.82, 2.24) is 4.98 Å². The summed E-state index contributed by atoms with van der Waals surface area (Å²) in [5.74, 6) is -2.78. The molecule has 1 aromatic heterocycles. The Bertz CT molecular complexity index is 931. The number of carbonyl (C=O) groups is 1. The van der Waals surface area contributed by atoms with Crippen molar-refractivity contribution in [1.29, 1.82) is 0 Å². The summed E-state index contributed by atoms with van der Waals surface area (Å²) in [4.78, 5) is 15.6. The third-order valence-corrected chi connectivity index (χ3v) is 4.06. The first kappa shape index (κ1) is 16.1. The van der Waals surface area contributed by atoms with E-state index in [4.69, 9.17) is 0 Å². The molecule has 0 radical (unpaired) electrons. The second kappa shape index (κ2) is 5.70. The van der Waals surface area contributed by atoms with Gasteiger partial charge >= 0.3 is 0 Å². The first-order valence-corrected chi connectivity index (χ1v) is 7.32. The maximum absolute atomic E-state index is 13.3. The zero-order valence-electron chi connectivity index (χ0n) is 13.1. The van der Waals surface area contributed by atoms with Crippen LogP contribution in [0.25, 0.3) is 10.9 Å². The van der Waals surface area contributed by atoms with Crippen molar-refractivity contribution in [2.75, 3.05) is 5.32 Å². The summed E-state index contributed by atoms with van der Waals surface area (Å²) in [6.45, 7) is 3.41. The van der Waals surface area contributed by atoms with Gasteiger partial charge in [-0.05, 0) is 49.7 Å². The lowest BCUT2D eigenvalue weighted by Crippen LogP contribution is -2.34. The van der Waals surface area contributed by atoms with Crippen LogP contribution in [0.3, 0.4) is 0 Å². The summed E-state index contributed by atoms with van der Waals surface area (Å²) in [7, 11) is 0. The molecule has 3 rings (SSSR count). The Balaban J connectivity index is 1.93. The minimum atomic E-state index is -1.03. The monoisotopic (exact) mass is 332 g/mol. The quantitative estimate of drug-likeness (QED) is 0.729. The number of halogens is 3. The molecule has 124 valence electrons. The average Bonchev–Trinajstić information content (AvgIpc) is 2.94. The fourth-order valence-corrected chi connectivity index (χ4v) is 2.60. The number of rotatable bonds is 3. The minimum Gasteiger partial charge on any atom is -0.361 e. The van der Waals surface area contributed by atoms with Gasteiger partial charge in [0, 0.05) is 28.9 Å². The summed E-state index contributed by atoms with van der Waals surface area (Å²) in [5, 5.41) is 3.30. The lowest BCUT2D eigenvalue weighted by atomic mass is 9.83. The van der Waals surface area contributed by atoms with Gasteiger partial charge in [-0.1, -0.05) is 0 Å². The summed E-state index contributed by atoms with van der Waals surface area (Å²) in [6.07, 6.45) is 1.65. The van der Waals surface area contributed by atoms with Crippen LogP contribution in [0.4, 0.5) is 18.9 Å². The van der Waals surface area contributed by atoms with Crippen LogP contribution in [0.5, 0.6) is 0 Å². The molecule has 0 bridgehead atoms. The molecule has 0 atom stereocenters. The number of benzene rings is 2. The number of aromatic amines is 1. The van der Waals surface area contributed by atoms with Crippen LogP contribution < -0.4 is 5.32 Å². The van der Waals surface area contributed by atoms with Crippen LogP contribution in [0.15, 0.2) is 42.6 Å². The van der Waals surface area contributed by atoms with Gasteiger partial charge in [-0.15, -0.1) is 0 Å². The lowest BCUT2D eigenvalue weighted by molar-refractivity contribution is -0.120. The Labute approximate surface area is 136 Å². The summed E-state index contributed by atoms with van der Waals surface area (Å²) >= 11 is 0. The first-order chi connectivity index (χ1) is 11.3. The molecule has 0 fully saturated rings. The largest absolute Gasteiger partial charge is 0.361 e. The number of carbonyl (C=O) groups excluding carboxylic acids is 1. The second-order valence-electron chi connectivity index (χ2n) is 6.10. The molecule has 1 amide bonds. The van der Waals surface area contributed by atoms with Gasteiger partial charge in [0.15, 0.2) is 11.6 Å². The molecule has 0 aliphatic carbocycles. The highest BCUT2D eigenvalue weighted by Gasteiger charge is 2.32. The topological polar surface area (TPSA) is 44.9 Å². The molecule has 1 heterocycles. The molecule has 6 heteroatoms. The van der Waals surface area contributed by atoms with Crippen LogP contribution in [0, 0.1) is 17.5 Å². The predicted molar refractivity (Wildman–Crippen MR) is 86.3 cm³/mol. The first-order valence-electron chi connectivity index (χ1n) is 7.32. The smallest absolute Gasteiger partial charge is 0.234 e. The second-order valence-corrected chi connectivity index (χ2v) is 6.10. The van der Waals surface area contributed by atoms with Gasteiger partial charge in [-0.3, -0.25) is 4.79 Å². The number of nitrogens with one attached hydrogen (secondary N) is 2. The van der Waals surface area contributed by atoms with E-state index in [-0.39, 0.29) is 11.5 Å². The van der Waals surface area contributed by atoms with Crippen molar-refractivity contribution in [2.24, 2.45) is 0 Å². The number of hydrogen-bond donors (Lipinski definition) is 2. The number of aromatic nitrogens is 1. The SMILES string of the molecule is CC(C)(C(=O)Nc1ccc(F)c(F)c1)c1c[nH]c2cc(F)ccc12. The van der Waals surface area contributed by atoms with Crippen molar-refractivity contribution >= 4 is 22.5 Å². The molecule has 24 heavy (non-hydrogen) atoms. The molecule has 0 unspecified atom stereocenters. The molecule has 0 aliphatic rings. The third-order valence-electron chi connectivity index (χ3n) is 4.06. The average molecular weight is 332 g/mol. The van der Waals surface area contributed by atoms with Crippen LogP contribution in [0.2, 0.25) is 0 Å². The van der Waals surface area contributed by atoms with E-state index in [9.17, 15) is 18.0 Å². The highest BCUT2D eigenvalue weighted by atomic mass is 19.2. The Morgan fingerprint density at radius 2 is 1.79 bits per heavy atom. The molecule has 0 saturated carbocycles. The molecule has 2 N–H and O–H groups in total. The van der Waals surface area contributed by atoms with Gasteiger partial charge in [0.1, 0.15) is 5.82 Å². The number of hydrogen-bond acceptors (Lipinski definition) is 1. The van der Waals surface area contributed by atoms with E-state index in [1.807, 2.05) is 0 Å². The summed E-state index contributed by atoms with van der Waals surface area (Å²) in [5.41, 5.74) is 0.454. The molecular weight excluding hydrogens is 317 g/mol. The summed E-state index contributed by atoms with van der Waals surface area (Å²) in [6, 6.07) is 7.44. The van der Waals surface area contributed by atoms with Gasteiger partial charge in [0.2, 0.25) is 5.91 Å². The zero-order valence-corrected chi connectivity index (χ0v) is 13.1. The Morgan fingerprint density at radius 1 is 1.04 bits per heavy atom. The van der Waals surface area contributed by atoms with E-state index in [0.29, 0.717) is 11.1 Å². The number of H-pyrrole nitrogens is 1. The molecule has 3 aromatic rings. The lowest BCUT2D eigenvalue weighted by Gasteiger charge is -2.23. The molecule has 3 nitrogen and oxygen atoms in total. The van der Waals surface area contributed by atoms with Crippen LogP contribution in [-0.2, 0) is 10.2 Å². The Morgan fingerprint density at radius 3 is 2.50 bits per heavy atom. The maximum atomic E-state index is 13.3. The zero-order chi connectivity index (χ0) is 17.5. The van der Waals surface area contributed by atoms with E-state index in [1.54, 1.807) is 26.1 Å². The van der Waals surface area contributed by atoms with Gasteiger partial charge in [0.25, 0.3) is 0 Å². The Kier molecular flexibility index (Phi) is 3.83. The minimum absolute atomic E-state index is 0.165. The maximum Gasteiger partial charge on any atom is 0.234 e. The molecule has 0 saturated heterocycles. The van der Waals surface area contributed by atoms with Gasteiger partial charge in [-0.2, -0.15) is 0 Å². The van der Waals surface area contributed by atoms with Gasteiger partial charge < -0.3 is 10.3 Å². The van der Waals surface area contributed by atoms with Crippen LogP contribution in [0.1, 0.15) is 19.4 Å². The molecule has 0 spiro atoms. The molecular formula is C18H15F3N2O. The number of anilines is 1. The van der Waals surface area contributed by atoms with E-state index in [2.05, 4.69) is 10.3 Å². The standard InChI is InChI=1S/C18H15F3N2O/c1-18(2,13-9-22-16-7-10(19)3-5-12(13)16)17(24)23-11-4-6-14(20)15(21)8-11/h3-9,22H,1-2H3,(H,23,24). The summed E-state index contributed by atoms with van der Waals surface area (Å²) < 4.78 is 39.6.